The van der Waals surface area contributed by atoms with Gasteiger partial charge in [-0.1, -0.05) is 37.6 Å². The molecule has 9 heteroatoms. The van der Waals surface area contributed by atoms with E-state index in [0.29, 0.717) is 54.9 Å². The number of rotatable bonds is 9. The normalized spacial score (nSPS) is 18.2. The van der Waals surface area contributed by atoms with Crippen LogP contribution in [0.1, 0.15) is 86.5 Å². The summed E-state index contributed by atoms with van der Waals surface area (Å²) in [4.78, 5) is 0. The van der Waals surface area contributed by atoms with E-state index in [1.165, 1.54) is 24.3 Å². The van der Waals surface area contributed by atoms with Crippen LogP contribution >= 0.6 is 0 Å². The summed E-state index contributed by atoms with van der Waals surface area (Å²) in [5.74, 6) is -6.63. The van der Waals surface area contributed by atoms with Crippen molar-refractivity contribution in [3.63, 3.8) is 0 Å². The maximum absolute atomic E-state index is 14.8. The molecule has 0 nitrogen and oxygen atoms in total. The third-order valence-electron chi connectivity index (χ3n) is 8.04. The average Bonchev–Trinajstić information content (AvgIpc) is 2.93. The maximum Gasteiger partial charge on any atom is 0.422 e. The minimum atomic E-state index is -5.21. The molecule has 226 valence electrons. The van der Waals surface area contributed by atoms with Crippen LogP contribution in [0.5, 0.6) is 0 Å². The highest BCUT2D eigenvalue weighted by Crippen LogP contribution is 2.40. The van der Waals surface area contributed by atoms with E-state index in [2.05, 4.69) is 0 Å². The molecule has 42 heavy (non-hydrogen) atoms. The van der Waals surface area contributed by atoms with E-state index in [4.69, 9.17) is 0 Å². The molecule has 0 atom stereocenters. The summed E-state index contributed by atoms with van der Waals surface area (Å²) in [6.07, 6.45) is 0.261. The average molecular weight is 599 g/mol. The molecule has 1 aliphatic rings. The lowest BCUT2D eigenvalue weighted by molar-refractivity contribution is -0.142. The molecule has 1 fully saturated rings. The Morgan fingerprint density at radius 2 is 1.45 bits per heavy atom. The lowest BCUT2D eigenvalue weighted by Crippen LogP contribution is -2.15. The predicted octanol–water partition coefficient (Wildman–Crippen LogP) is 11.6. The Morgan fingerprint density at radius 3 is 2.02 bits per heavy atom. The van der Waals surface area contributed by atoms with Crippen molar-refractivity contribution in [2.24, 2.45) is 5.92 Å². The highest BCUT2D eigenvalue weighted by Gasteiger charge is 2.38. The van der Waals surface area contributed by atoms with Gasteiger partial charge in [0.25, 0.3) is 0 Å². The van der Waals surface area contributed by atoms with Crippen LogP contribution in [0.25, 0.3) is 17.0 Å². The summed E-state index contributed by atoms with van der Waals surface area (Å²) in [5, 5.41) is 0. The number of hydrogen-bond acceptors (Lipinski definition) is 0. The molecule has 0 unspecified atom stereocenters. The third-order valence-corrected chi connectivity index (χ3v) is 8.04. The first-order valence-corrected chi connectivity index (χ1v) is 14.1. The van der Waals surface area contributed by atoms with Gasteiger partial charge in [0.05, 0.1) is 0 Å². The van der Waals surface area contributed by atoms with Crippen molar-refractivity contribution in [2.75, 3.05) is 0 Å². The first kappa shape index (κ1) is 31.7. The molecule has 4 rings (SSSR count). The maximum atomic E-state index is 14.8. The van der Waals surface area contributed by atoms with Gasteiger partial charge in [0.2, 0.25) is 0 Å². The van der Waals surface area contributed by atoms with Crippen LogP contribution in [-0.2, 0) is 12.6 Å². The summed E-state index contributed by atoms with van der Waals surface area (Å²) < 4.78 is 124. The van der Waals surface area contributed by atoms with Crippen molar-refractivity contribution < 1.29 is 39.5 Å². The van der Waals surface area contributed by atoms with E-state index >= 15 is 0 Å². The number of allylic oxidation sites excluding steroid dienone is 1. The molecule has 0 aromatic heterocycles. The quantitative estimate of drug-likeness (QED) is 0.215. The van der Waals surface area contributed by atoms with Gasteiger partial charge >= 0.3 is 6.18 Å². The van der Waals surface area contributed by atoms with Crippen molar-refractivity contribution in [2.45, 2.75) is 76.8 Å². The standard InChI is InChI=1S/C33H31F9/c1-2-3-4-26(34)32(39)22-12-14-24(28(36)16-22)21-10-7-19(8-11-21)5-6-20-9-13-25(27(35)15-20)23-17-29(37)31(30(38)18-23)33(40,41)42/h9,12-19,21H,2-8,10-11H2,1H3. The van der Waals surface area contributed by atoms with E-state index in [9.17, 15) is 39.5 Å². The zero-order valence-electron chi connectivity index (χ0n) is 23.0. The number of unbranched alkanes of at least 4 members (excludes halogenated alkanes) is 1. The summed E-state index contributed by atoms with van der Waals surface area (Å²) in [7, 11) is 0. The zero-order valence-corrected chi connectivity index (χ0v) is 23.0. The fourth-order valence-corrected chi connectivity index (χ4v) is 5.67. The van der Waals surface area contributed by atoms with Crippen molar-refractivity contribution in [3.8, 4) is 11.1 Å². The largest absolute Gasteiger partial charge is 0.422 e. The van der Waals surface area contributed by atoms with Gasteiger partial charge in [0.15, 0.2) is 5.83 Å². The molecule has 3 aromatic rings. The van der Waals surface area contributed by atoms with Crippen molar-refractivity contribution in [1.29, 1.82) is 0 Å². The SMILES string of the molecule is CCCCC(F)=C(F)c1ccc(C2CCC(CCc3ccc(-c4cc(F)c(C(F)(F)F)c(F)c4)c(F)c3)CC2)c(F)c1. The Kier molecular flexibility index (Phi) is 10.1. The van der Waals surface area contributed by atoms with Crippen molar-refractivity contribution in [3.05, 3.63) is 99.9 Å². The molecule has 0 aliphatic heterocycles. The van der Waals surface area contributed by atoms with Crippen LogP contribution < -0.4 is 0 Å². The Morgan fingerprint density at radius 1 is 0.786 bits per heavy atom. The summed E-state index contributed by atoms with van der Waals surface area (Å²) in [5.41, 5.74) is -1.55. The first-order chi connectivity index (χ1) is 19.9. The van der Waals surface area contributed by atoms with Crippen LogP contribution in [-0.4, -0.2) is 0 Å². The van der Waals surface area contributed by atoms with Gasteiger partial charge in [0.1, 0.15) is 34.7 Å². The Balaban J connectivity index is 1.34. The molecule has 0 spiro atoms. The number of benzene rings is 3. The second-order valence-electron chi connectivity index (χ2n) is 10.9. The number of halogens is 9. The fraction of sp³-hybridized carbons (Fsp3) is 0.394. The van der Waals surface area contributed by atoms with Gasteiger partial charge in [-0.2, -0.15) is 13.2 Å². The molecule has 0 saturated heterocycles. The minimum Gasteiger partial charge on any atom is -0.209 e. The Bertz CT molecular complexity index is 1410. The smallest absolute Gasteiger partial charge is 0.209 e. The van der Waals surface area contributed by atoms with Gasteiger partial charge < -0.3 is 0 Å². The van der Waals surface area contributed by atoms with E-state index in [1.54, 1.807) is 6.07 Å². The van der Waals surface area contributed by atoms with Crippen LogP contribution in [0.3, 0.4) is 0 Å². The van der Waals surface area contributed by atoms with Crippen LogP contribution in [0.4, 0.5) is 39.5 Å². The summed E-state index contributed by atoms with van der Waals surface area (Å²) >= 11 is 0. The molecule has 0 radical (unpaired) electrons. The van der Waals surface area contributed by atoms with E-state index in [-0.39, 0.29) is 29.0 Å². The molecule has 0 amide bonds. The Hall–Kier alpha value is -3.23. The first-order valence-electron chi connectivity index (χ1n) is 14.1. The van der Waals surface area contributed by atoms with E-state index in [1.807, 2.05) is 6.92 Å². The van der Waals surface area contributed by atoms with E-state index < -0.39 is 46.7 Å². The molecule has 0 heterocycles. The fourth-order valence-electron chi connectivity index (χ4n) is 5.67. The molecule has 1 saturated carbocycles. The minimum absolute atomic E-state index is 0.0222. The number of hydrogen-bond donors (Lipinski definition) is 0. The molecule has 3 aromatic carbocycles. The highest BCUT2D eigenvalue weighted by atomic mass is 19.4. The van der Waals surface area contributed by atoms with E-state index in [0.717, 1.165) is 31.7 Å². The number of alkyl halides is 3. The summed E-state index contributed by atoms with van der Waals surface area (Å²) in [6.45, 7) is 1.87. The van der Waals surface area contributed by atoms with Gasteiger partial charge in [-0.3, -0.25) is 0 Å². The second kappa shape index (κ2) is 13.4. The highest BCUT2D eigenvalue weighted by molar-refractivity contribution is 5.65. The number of aryl methyl sites for hydroxylation is 1. The van der Waals surface area contributed by atoms with Crippen molar-refractivity contribution >= 4 is 5.83 Å². The monoisotopic (exact) mass is 598 g/mol. The third kappa shape index (κ3) is 7.39. The molecule has 0 N–H and O–H groups in total. The molecule has 0 bridgehead atoms. The van der Waals surface area contributed by atoms with Gasteiger partial charge in [-0.25, -0.2) is 26.3 Å². The molecular weight excluding hydrogens is 567 g/mol. The lowest BCUT2D eigenvalue weighted by atomic mass is 9.76. The van der Waals surface area contributed by atoms with Gasteiger partial charge in [0, 0.05) is 17.5 Å². The molecular formula is C33H31F9. The van der Waals surface area contributed by atoms with Crippen LogP contribution in [0.15, 0.2) is 54.4 Å². The van der Waals surface area contributed by atoms with Gasteiger partial charge in [-0.15, -0.1) is 0 Å². The summed E-state index contributed by atoms with van der Waals surface area (Å²) in [6, 6.07) is 9.02. The molecule has 1 aliphatic carbocycles. The Labute approximate surface area is 239 Å². The zero-order chi connectivity index (χ0) is 30.6. The van der Waals surface area contributed by atoms with Crippen LogP contribution in [0, 0.1) is 29.2 Å². The van der Waals surface area contributed by atoms with Gasteiger partial charge in [-0.05, 0) is 97.7 Å². The lowest BCUT2D eigenvalue weighted by Gasteiger charge is -2.29. The second-order valence-corrected chi connectivity index (χ2v) is 10.9. The van der Waals surface area contributed by atoms with Crippen LogP contribution in [0.2, 0.25) is 0 Å². The topological polar surface area (TPSA) is 0 Å². The van der Waals surface area contributed by atoms with Crippen molar-refractivity contribution in [1.82, 2.24) is 0 Å². The predicted molar refractivity (Wildman–Crippen MR) is 145 cm³/mol.